The van der Waals surface area contributed by atoms with E-state index in [2.05, 4.69) is 80.8 Å². The van der Waals surface area contributed by atoms with E-state index >= 15 is 0 Å². The number of aliphatic imine (C=N–C) groups is 4. The van der Waals surface area contributed by atoms with Crippen molar-refractivity contribution in [2.45, 2.75) is 115 Å². The second kappa shape index (κ2) is 42.3. The van der Waals surface area contributed by atoms with Crippen LogP contribution in [0.25, 0.3) is 0 Å². The fourth-order valence-electron chi connectivity index (χ4n) is 10.8. The quantitative estimate of drug-likeness (QED) is 0.0250. The number of nitrogens with two attached hydrogens (primary N) is 4. The Bertz CT molecular complexity index is 5090. The van der Waals surface area contributed by atoms with Gasteiger partial charge in [-0.25, -0.2) is 95.7 Å². The summed E-state index contributed by atoms with van der Waals surface area (Å²) in [6, 6.07) is 0. The van der Waals surface area contributed by atoms with Crippen LogP contribution in [0, 0.1) is 0 Å². The molecule has 0 aromatic rings. The second-order valence-corrected chi connectivity index (χ2v) is 45.8. The molecule has 56 nitrogen and oxygen atoms in total. The Kier molecular flexibility index (Phi) is 38.0. The standard InChI is InChI=1S/C12H19ClF2N3O11P3.C12H17ClF2N3O11P3.C12H20ClFN3O11P3.C12H18ClFN3O11P3/c2*1-6-17-8(16)2-3-18(6)11-9(15)10(19)12(5-13,27-11)4-7(14)30(20,21)28-32(25,26)29-31(22,23)24;2*1-7-16-8(15)2-4-17(7)11-9(14)10(18)12(6-13,26-11)3-5-29(19,20)27-31(24,25)28-30(21,22)23/h2-3,7,9-11,19H,1,4-5H2,(H2,16,17)(H,20,21)(H,25,26)(H2,22,23,24);2-4,9-11,19H,1,5H2,(H2,16,17)(H,20,21)(H,25,26)(H2,22,23,24);2,4,9-11,18H,1,3,5-6H2,(H2,15,16)(H,19,20)(H,24,25)(H2,21,22,23);2-5,9-11,18H,1,6H2,(H2,15,16)(H,19,20)(H,24,25)(H2,21,22,23)/b;7-4-;;5-3-/t7?,9-,10+,11-,12+;3*9-,10+,11-,12+/m1111/s1. The Balaban J connectivity index is 0.000000298. The summed E-state index contributed by atoms with van der Waals surface area (Å²) < 4.78 is 275. The van der Waals surface area contributed by atoms with Gasteiger partial charge in [0.2, 0.25) is 11.5 Å². The summed E-state index contributed by atoms with van der Waals surface area (Å²) in [4.78, 5) is 163. The van der Waals surface area contributed by atoms with E-state index in [9.17, 15) is 136 Å². The molecular formula is C48H74Cl4F6N12O44P12. The Hall–Kier alpha value is -3.30. The van der Waals surface area contributed by atoms with Crippen LogP contribution in [0.2, 0.25) is 0 Å². The highest BCUT2D eigenvalue weighted by atomic mass is 35.5. The third-order valence-corrected chi connectivity index (χ3v) is 34.6. The van der Waals surface area contributed by atoms with Crippen LogP contribution >= 0.6 is 139 Å². The Morgan fingerprint density at radius 3 is 1.07 bits per heavy atom. The molecule has 0 aromatic carbocycles. The molecule has 0 bridgehead atoms. The first kappa shape index (κ1) is 113. The van der Waals surface area contributed by atoms with Gasteiger partial charge in [-0.2, -0.15) is 21.6 Å². The lowest BCUT2D eigenvalue weighted by atomic mass is 9.94. The zero-order valence-corrected chi connectivity index (χ0v) is 75.7. The number of ether oxygens (including phenoxy) is 4. The Morgan fingerprint density at radius 1 is 0.444 bits per heavy atom. The average molecular weight is 2150 g/mol. The van der Waals surface area contributed by atoms with Gasteiger partial charge in [0, 0.05) is 37.0 Å². The van der Waals surface area contributed by atoms with Gasteiger partial charge < -0.3 is 160 Å². The number of alkyl halides is 9. The lowest BCUT2D eigenvalue weighted by Gasteiger charge is -2.33. The molecular weight excluding hydrogens is 2080 g/mol. The van der Waals surface area contributed by atoms with Gasteiger partial charge in [0.25, 0.3) is 0 Å². The van der Waals surface area contributed by atoms with Crippen molar-refractivity contribution in [2.75, 3.05) is 29.7 Å². The van der Waals surface area contributed by atoms with Crippen molar-refractivity contribution in [1.82, 2.24) is 19.6 Å². The van der Waals surface area contributed by atoms with Gasteiger partial charge in [-0.3, -0.25) is 18.3 Å². The van der Waals surface area contributed by atoms with Crippen LogP contribution in [0.1, 0.15) is 12.8 Å². The first-order valence-corrected chi connectivity index (χ1v) is 53.2. The van der Waals surface area contributed by atoms with E-state index in [1.807, 2.05) is 0 Å². The SMILES string of the molecule is C=C1N=C(N)C=CN1[C@@H]1O[C@@](/C=C(/F)P(=O)(O)OP(=O)(O)OP(=O)(O)O)(CCl)[C@@H](O)[C@H]1F.C=C1N=C(N)C=CN1[C@@H]1O[C@@](/C=C\P(=O)(O)OP(=O)(O)OP(=O)(O)O)(CCl)[C@@H](O)[C@H]1F.C=C1N=C(N)C=CN1[C@@H]1O[C@](CCl)(CC(F)P(=O)(O)OP(=O)(O)OP(=O)(O)O)[C@@H](O)[C@H]1F.C=C1N=C(N)C=CN1[C@@H]1O[C@](CCl)(CCP(=O)(O)OP(=O)(O)OP(=O)(O)O)[C@@H](O)[C@H]1F. The first-order valence-electron chi connectivity index (χ1n) is 32.4. The molecule has 8 aliphatic rings. The average Bonchev–Trinajstić information content (AvgIpc) is 1.63. The predicted octanol–water partition coefficient (Wildman–Crippen LogP) is 2.76. The largest absolute Gasteiger partial charge is 0.488 e. The maximum Gasteiger partial charge on any atom is 0.488 e. The van der Waals surface area contributed by atoms with E-state index < -0.39 is 243 Å². The van der Waals surface area contributed by atoms with E-state index in [-0.39, 0.29) is 58.5 Å². The molecule has 0 amide bonds. The van der Waals surface area contributed by atoms with Crippen LogP contribution < -0.4 is 22.9 Å². The lowest BCUT2D eigenvalue weighted by Crippen LogP contribution is -2.46. The smallest absolute Gasteiger partial charge is 0.387 e. The highest BCUT2D eigenvalue weighted by molar-refractivity contribution is 7.71. The number of amidine groups is 4. The van der Waals surface area contributed by atoms with Crippen LogP contribution in [0.15, 0.2) is 142 Å². The fourth-order valence-corrected chi connectivity index (χ4v) is 26.0. The van der Waals surface area contributed by atoms with Crippen LogP contribution in [-0.4, -0.2) is 274 Å². The van der Waals surface area contributed by atoms with Crippen molar-refractivity contribution < 1.29 is 233 Å². The normalized spacial score (nSPS) is 33.3. The van der Waals surface area contributed by atoms with E-state index in [4.69, 9.17) is 132 Å². The predicted molar refractivity (Wildman–Crippen MR) is 417 cm³/mol. The van der Waals surface area contributed by atoms with E-state index in [1.165, 1.54) is 49.1 Å². The third-order valence-electron chi connectivity index (χ3n) is 16.2. The third kappa shape index (κ3) is 30.9. The van der Waals surface area contributed by atoms with Crippen molar-refractivity contribution in [3.63, 3.8) is 0 Å². The molecule has 8 rings (SSSR count). The van der Waals surface area contributed by atoms with Crippen LogP contribution in [0.3, 0.4) is 0 Å². The second-order valence-electron chi connectivity index (χ2n) is 25.5. The number of nitrogens with zero attached hydrogens (tertiary/aromatic N) is 8. The molecule has 9 unspecified atom stereocenters. The Morgan fingerprint density at radius 2 is 0.738 bits per heavy atom. The number of aliphatic hydroxyl groups excluding tert-OH is 4. The first-order chi connectivity index (χ1) is 56.9. The van der Waals surface area contributed by atoms with Gasteiger partial charge >= 0.3 is 93.0 Å². The van der Waals surface area contributed by atoms with Crippen molar-refractivity contribution in [3.8, 4) is 0 Å². The molecule has 0 radical (unpaired) electrons. The number of aliphatic hydroxyl groups is 4. The van der Waals surface area contributed by atoms with E-state index in [0.717, 1.165) is 19.6 Å². The monoisotopic (exact) mass is 2150 g/mol. The van der Waals surface area contributed by atoms with Crippen LogP contribution in [0.5, 0.6) is 0 Å². The lowest BCUT2D eigenvalue weighted by molar-refractivity contribution is -0.108. The minimum atomic E-state index is -5.96. The van der Waals surface area contributed by atoms with Gasteiger partial charge in [-0.05, 0) is 42.9 Å². The number of halogens is 10. The minimum absolute atomic E-state index is 0.0130. The summed E-state index contributed by atoms with van der Waals surface area (Å²) in [7, 11) is -67.8. The van der Waals surface area contributed by atoms with Gasteiger partial charge in [-0.15, -0.1) is 46.4 Å². The van der Waals surface area contributed by atoms with Crippen molar-refractivity contribution >= 4 is 163 Å². The summed E-state index contributed by atoms with van der Waals surface area (Å²) in [6.45, 7) is 14.2. The van der Waals surface area contributed by atoms with Crippen LogP contribution in [-0.2, 0) is 108 Å². The van der Waals surface area contributed by atoms with Crippen LogP contribution in [0.4, 0.5) is 26.3 Å². The molecule has 0 aromatic heterocycles. The molecule has 25 atom stereocenters. The van der Waals surface area contributed by atoms with Gasteiger partial charge in [-0.1, -0.05) is 26.3 Å². The zero-order valence-electron chi connectivity index (χ0n) is 61.9. The van der Waals surface area contributed by atoms with Gasteiger partial charge in [0.15, 0.2) is 49.6 Å². The summed E-state index contributed by atoms with van der Waals surface area (Å²) >= 11 is 23.0. The number of phosphoric acid groups is 8. The molecule has 0 spiro atoms. The summed E-state index contributed by atoms with van der Waals surface area (Å²) in [5.74, 6) is -5.98. The minimum Gasteiger partial charge on any atom is -0.387 e. The molecule has 126 heavy (non-hydrogen) atoms. The molecule has 4 saturated heterocycles. The molecule has 28 N–H and O–H groups in total. The zero-order chi connectivity index (χ0) is 97.1. The summed E-state index contributed by atoms with van der Waals surface area (Å²) in [6.07, 6.45) is -15.9. The highest BCUT2D eigenvalue weighted by Crippen LogP contribution is 2.72. The molecule has 720 valence electrons. The topological polar surface area (TPSA) is 887 Å². The number of hydrogen-bond acceptors (Lipinski definition) is 40. The molecule has 8 heterocycles. The molecule has 78 heteroatoms. The van der Waals surface area contributed by atoms with E-state index in [1.54, 1.807) is 0 Å². The van der Waals surface area contributed by atoms with Gasteiger partial charge in [0.1, 0.15) is 93.4 Å². The molecule has 0 aliphatic carbocycles. The maximum atomic E-state index is 14.8. The molecule has 8 aliphatic heterocycles. The molecule has 0 saturated carbocycles. The number of hydrogen-bond donors (Lipinski definition) is 24. The maximum absolute atomic E-state index is 14.8. The Labute approximate surface area is 722 Å². The molecule has 4 fully saturated rings. The van der Waals surface area contributed by atoms with Crippen molar-refractivity contribution in [3.05, 3.63) is 122 Å². The van der Waals surface area contributed by atoms with E-state index in [0.29, 0.717) is 6.08 Å². The summed E-state index contributed by atoms with van der Waals surface area (Å²) in [5.41, 5.74) is 10.7. The summed E-state index contributed by atoms with van der Waals surface area (Å²) in [5, 5.41) is 41.2. The highest BCUT2D eigenvalue weighted by Gasteiger charge is 2.63. The number of rotatable bonds is 34. The van der Waals surface area contributed by atoms with Crippen molar-refractivity contribution in [1.29, 1.82) is 0 Å². The van der Waals surface area contributed by atoms with Gasteiger partial charge in [0.05, 0.1) is 29.7 Å². The van der Waals surface area contributed by atoms with Crippen molar-refractivity contribution in [2.24, 2.45) is 42.9 Å². The fraction of sp³-hybridized carbons (Fsp3) is 0.500.